The van der Waals surface area contributed by atoms with Crippen LogP contribution in [0.1, 0.15) is 48.0 Å². The Labute approximate surface area is 137 Å². The topological polar surface area (TPSA) is 72.9 Å². The van der Waals surface area contributed by atoms with Gasteiger partial charge in [-0.1, -0.05) is 26.8 Å². The third-order valence-electron chi connectivity index (χ3n) is 3.08. The summed E-state index contributed by atoms with van der Waals surface area (Å²) in [5.74, 6) is -0.663. The lowest BCUT2D eigenvalue weighted by Crippen LogP contribution is -2.44. The number of likely N-dealkylation sites (tertiary alicyclic amines) is 1. The Morgan fingerprint density at radius 1 is 1.35 bits per heavy atom. The van der Waals surface area contributed by atoms with Crippen molar-refractivity contribution in [3.63, 3.8) is 0 Å². The van der Waals surface area contributed by atoms with E-state index in [1.807, 2.05) is 20.8 Å². The van der Waals surface area contributed by atoms with Gasteiger partial charge < -0.3 is 9.47 Å². The van der Waals surface area contributed by atoms with Crippen molar-refractivity contribution in [1.82, 2.24) is 4.90 Å². The van der Waals surface area contributed by atoms with E-state index in [1.54, 1.807) is 26.8 Å². The zero-order valence-corrected chi connectivity index (χ0v) is 14.8. The van der Waals surface area contributed by atoms with Gasteiger partial charge in [0, 0.05) is 5.57 Å². The summed E-state index contributed by atoms with van der Waals surface area (Å²) in [6.45, 7) is 11.0. The third kappa shape index (κ3) is 5.37. The van der Waals surface area contributed by atoms with Crippen LogP contribution in [0, 0.1) is 5.92 Å². The van der Waals surface area contributed by atoms with Crippen molar-refractivity contribution in [3.05, 3.63) is 11.6 Å². The maximum absolute atomic E-state index is 12.4. The number of allylic oxidation sites excluding steroid dienone is 1. The van der Waals surface area contributed by atoms with Crippen molar-refractivity contribution in [2.75, 3.05) is 13.2 Å². The molecule has 1 fully saturated rings. The predicted molar refractivity (Wildman–Crippen MR) is 85.9 cm³/mol. The van der Waals surface area contributed by atoms with Crippen LogP contribution in [-0.2, 0) is 19.1 Å². The number of hydrogen-bond donors (Lipinski definition) is 0. The average Bonchev–Trinajstić information content (AvgIpc) is 2.72. The van der Waals surface area contributed by atoms with Crippen molar-refractivity contribution in [2.24, 2.45) is 5.92 Å². The summed E-state index contributed by atoms with van der Waals surface area (Å²) in [5.41, 5.74) is -0.392. The van der Waals surface area contributed by atoms with Crippen LogP contribution >= 0.6 is 0 Å². The van der Waals surface area contributed by atoms with Gasteiger partial charge in [0.25, 0.3) is 0 Å². The maximum Gasteiger partial charge on any atom is 0.411 e. The Bertz CT molecular complexity index is 502. The molecule has 6 nitrogen and oxygen atoms in total. The van der Waals surface area contributed by atoms with Gasteiger partial charge in [-0.15, -0.1) is 0 Å². The fourth-order valence-corrected chi connectivity index (χ4v) is 2.18. The summed E-state index contributed by atoms with van der Waals surface area (Å²) >= 11 is 0. The summed E-state index contributed by atoms with van der Waals surface area (Å²) in [7, 11) is 0. The van der Waals surface area contributed by atoms with Crippen molar-refractivity contribution >= 4 is 17.8 Å². The van der Waals surface area contributed by atoms with Crippen molar-refractivity contribution in [3.8, 4) is 0 Å². The number of carbonyl (C=O) groups is 3. The van der Waals surface area contributed by atoms with E-state index in [-0.39, 0.29) is 24.9 Å². The second-order valence-corrected chi connectivity index (χ2v) is 7.03. The highest BCUT2D eigenvalue weighted by molar-refractivity contribution is 6.09. The van der Waals surface area contributed by atoms with E-state index in [0.29, 0.717) is 12.0 Å². The van der Waals surface area contributed by atoms with Crippen LogP contribution in [0.15, 0.2) is 11.6 Å². The Morgan fingerprint density at radius 3 is 2.43 bits per heavy atom. The molecule has 0 aromatic heterocycles. The SMILES string of the molecule is CCC=C1C(=O)CN(C(=O)OC(C)(C)C)C1C(=O)OCC(C)C. The molecule has 6 heteroatoms. The Hall–Kier alpha value is -1.85. The molecule has 1 saturated heterocycles. The number of rotatable bonds is 4. The summed E-state index contributed by atoms with van der Waals surface area (Å²) in [5, 5.41) is 0. The molecule has 0 N–H and O–H groups in total. The molecule has 1 amide bonds. The number of esters is 1. The van der Waals surface area contributed by atoms with Gasteiger partial charge in [0.2, 0.25) is 0 Å². The summed E-state index contributed by atoms with van der Waals surface area (Å²) in [4.78, 5) is 38.0. The molecule has 130 valence electrons. The summed E-state index contributed by atoms with van der Waals surface area (Å²) < 4.78 is 10.5. The molecular weight excluding hydrogens is 298 g/mol. The lowest BCUT2D eigenvalue weighted by Gasteiger charge is -2.27. The molecule has 1 unspecified atom stereocenters. The molecule has 0 saturated carbocycles. The van der Waals surface area contributed by atoms with E-state index in [1.165, 1.54) is 0 Å². The zero-order valence-electron chi connectivity index (χ0n) is 14.8. The predicted octanol–water partition coefficient (Wildman–Crippen LogP) is 2.71. The van der Waals surface area contributed by atoms with E-state index in [9.17, 15) is 14.4 Å². The lowest BCUT2D eigenvalue weighted by atomic mass is 10.1. The highest BCUT2D eigenvalue weighted by Gasteiger charge is 2.45. The number of nitrogens with zero attached hydrogens (tertiary/aromatic N) is 1. The standard InChI is InChI=1S/C17H27NO5/c1-7-8-12-13(19)9-18(16(21)23-17(4,5)6)14(12)15(20)22-10-11(2)3/h8,11,14H,7,9-10H2,1-6H3. The van der Waals surface area contributed by atoms with Gasteiger partial charge in [0.1, 0.15) is 5.60 Å². The number of ketones is 1. The molecule has 0 aromatic rings. The Balaban J connectivity index is 3.03. The highest BCUT2D eigenvalue weighted by atomic mass is 16.6. The number of Topliss-reactive ketones (excluding diaryl/α,β-unsaturated/α-hetero) is 1. The minimum atomic E-state index is -1.02. The highest BCUT2D eigenvalue weighted by Crippen LogP contribution is 2.25. The normalized spacial score (nSPS) is 20.3. The van der Waals surface area contributed by atoms with Crippen molar-refractivity contribution in [1.29, 1.82) is 0 Å². The van der Waals surface area contributed by atoms with Gasteiger partial charge in [0.05, 0.1) is 13.2 Å². The molecule has 0 aromatic carbocycles. The molecule has 1 heterocycles. The van der Waals surface area contributed by atoms with Crippen LogP contribution in [0.2, 0.25) is 0 Å². The molecule has 1 rings (SSSR count). The van der Waals surface area contributed by atoms with Crippen molar-refractivity contribution < 1.29 is 23.9 Å². The van der Waals surface area contributed by atoms with E-state index in [2.05, 4.69) is 0 Å². The second kappa shape index (κ2) is 7.62. The smallest absolute Gasteiger partial charge is 0.411 e. The van der Waals surface area contributed by atoms with Crippen LogP contribution in [0.25, 0.3) is 0 Å². The van der Waals surface area contributed by atoms with Gasteiger partial charge in [-0.25, -0.2) is 9.59 Å². The molecule has 0 bridgehead atoms. The Kier molecular flexibility index (Phi) is 6.36. The average molecular weight is 325 g/mol. The minimum Gasteiger partial charge on any atom is -0.464 e. The minimum absolute atomic E-state index is 0.164. The Morgan fingerprint density at radius 2 is 1.96 bits per heavy atom. The zero-order chi connectivity index (χ0) is 17.8. The van der Waals surface area contributed by atoms with Gasteiger partial charge in [0.15, 0.2) is 11.8 Å². The molecule has 0 aliphatic carbocycles. The van der Waals surface area contributed by atoms with E-state index in [0.717, 1.165) is 4.90 Å². The van der Waals surface area contributed by atoms with E-state index in [4.69, 9.17) is 9.47 Å². The van der Waals surface area contributed by atoms with Gasteiger partial charge >= 0.3 is 12.1 Å². The second-order valence-electron chi connectivity index (χ2n) is 7.03. The number of amides is 1. The molecule has 1 atom stereocenters. The molecule has 1 aliphatic heterocycles. The van der Waals surface area contributed by atoms with Crippen LogP contribution in [0.3, 0.4) is 0 Å². The quantitative estimate of drug-likeness (QED) is 0.587. The van der Waals surface area contributed by atoms with Crippen molar-refractivity contribution in [2.45, 2.75) is 59.6 Å². The third-order valence-corrected chi connectivity index (χ3v) is 3.08. The summed E-state index contributed by atoms with van der Waals surface area (Å²) in [6, 6.07) is -1.02. The first-order valence-electron chi connectivity index (χ1n) is 7.96. The fraction of sp³-hybridized carbons (Fsp3) is 0.706. The maximum atomic E-state index is 12.4. The van der Waals surface area contributed by atoms with Crippen LogP contribution in [-0.4, -0.2) is 47.5 Å². The van der Waals surface area contributed by atoms with Gasteiger partial charge in [-0.2, -0.15) is 0 Å². The van der Waals surface area contributed by atoms with Gasteiger partial charge in [-0.3, -0.25) is 9.69 Å². The largest absolute Gasteiger partial charge is 0.464 e. The molecule has 0 spiro atoms. The first-order chi connectivity index (χ1) is 10.6. The molecule has 1 aliphatic rings. The van der Waals surface area contributed by atoms with E-state index >= 15 is 0 Å². The first kappa shape index (κ1) is 19.2. The summed E-state index contributed by atoms with van der Waals surface area (Å²) in [6.07, 6.45) is 1.59. The molecule has 23 heavy (non-hydrogen) atoms. The number of carbonyl (C=O) groups excluding carboxylic acids is 3. The number of hydrogen-bond acceptors (Lipinski definition) is 5. The monoisotopic (exact) mass is 325 g/mol. The van der Waals surface area contributed by atoms with Gasteiger partial charge in [-0.05, 0) is 33.1 Å². The molecular formula is C17H27NO5. The van der Waals surface area contributed by atoms with Crippen LogP contribution < -0.4 is 0 Å². The van der Waals surface area contributed by atoms with Crippen LogP contribution in [0.5, 0.6) is 0 Å². The lowest BCUT2D eigenvalue weighted by molar-refractivity contribution is -0.148. The van der Waals surface area contributed by atoms with Crippen LogP contribution in [0.4, 0.5) is 4.79 Å². The van der Waals surface area contributed by atoms with E-state index < -0.39 is 23.7 Å². The fourth-order valence-electron chi connectivity index (χ4n) is 2.18. The molecule has 0 radical (unpaired) electrons. The number of ether oxygens (including phenoxy) is 2. The first-order valence-corrected chi connectivity index (χ1v) is 7.96.